The predicted octanol–water partition coefficient (Wildman–Crippen LogP) is 2.59. The third kappa shape index (κ3) is 2.24. The average molecular weight is 272 g/mol. The van der Waals surface area contributed by atoms with Crippen LogP contribution in [0.25, 0.3) is 10.2 Å². The molecular formula is C14H12N2O2S. The second-order valence-corrected chi connectivity index (χ2v) is 5.32. The molecule has 0 amide bonds. The first kappa shape index (κ1) is 11.9. The molecule has 0 bridgehead atoms. The van der Waals surface area contributed by atoms with Crippen molar-refractivity contribution in [2.75, 3.05) is 0 Å². The van der Waals surface area contributed by atoms with Crippen molar-refractivity contribution < 1.29 is 5.11 Å². The van der Waals surface area contributed by atoms with Gasteiger partial charge in [0.15, 0.2) is 0 Å². The highest BCUT2D eigenvalue weighted by atomic mass is 32.1. The summed E-state index contributed by atoms with van der Waals surface area (Å²) >= 11 is 1.48. The number of aromatic amines is 1. The fourth-order valence-corrected chi connectivity index (χ4v) is 3.02. The van der Waals surface area contributed by atoms with Crippen LogP contribution in [0.4, 0.5) is 0 Å². The average Bonchev–Trinajstić information content (AvgIpc) is 2.71. The summed E-state index contributed by atoms with van der Waals surface area (Å²) in [5.74, 6) is 0.831. The minimum atomic E-state index is -0.0982. The van der Waals surface area contributed by atoms with E-state index in [-0.39, 0.29) is 11.3 Å². The molecule has 19 heavy (non-hydrogen) atoms. The first-order valence-electron chi connectivity index (χ1n) is 5.88. The van der Waals surface area contributed by atoms with Crippen molar-refractivity contribution >= 4 is 21.6 Å². The maximum absolute atomic E-state index is 12.0. The molecule has 4 nitrogen and oxygen atoms in total. The zero-order valence-corrected chi connectivity index (χ0v) is 11.1. The van der Waals surface area contributed by atoms with Crippen LogP contribution in [0.15, 0.2) is 34.4 Å². The number of H-pyrrole nitrogens is 1. The summed E-state index contributed by atoms with van der Waals surface area (Å²) in [7, 11) is 0. The number of aromatic hydroxyl groups is 1. The van der Waals surface area contributed by atoms with Gasteiger partial charge in [-0.05, 0) is 35.6 Å². The summed E-state index contributed by atoms with van der Waals surface area (Å²) in [6, 6.07) is 6.95. The van der Waals surface area contributed by atoms with Crippen LogP contribution in [-0.2, 0) is 6.42 Å². The van der Waals surface area contributed by atoms with E-state index in [9.17, 15) is 9.90 Å². The highest BCUT2D eigenvalue weighted by Gasteiger charge is 2.09. The van der Waals surface area contributed by atoms with E-state index in [1.54, 1.807) is 18.2 Å². The van der Waals surface area contributed by atoms with Crippen molar-refractivity contribution in [2.45, 2.75) is 13.3 Å². The number of aryl methyl sites for hydroxylation is 1. The monoisotopic (exact) mass is 272 g/mol. The van der Waals surface area contributed by atoms with Gasteiger partial charge in [-0.3, -0.25) is 4.79 Å². The SMILES string of the molecule is Cc1csc2nc(Cc3cccc(O)c3)[nH]c(=O)c12. The molecule has 0 aliphatic heterocycles. The second kappa shape index (κ2) is 4.51. The van der Waals surface area contributed by atoms with Crippen molar-refractivity contribution in [1.29, 1.82) is 0 Å². The zero-order chi connectivity index (χ0) is 13.4. The number of aromatic nitrogens is 2. The lowest BCUT2D eigenvalue weighted by atomic mass is 10.1. The van der Waals surface area contributed by atoms with Crippen LogP contribution in [0.1, 0.15) is 17.0 Å². The first-order valence-corrected chi connectivity index (χ1v) is 6.76. The summed E-state index contributed by atoms with van der Waals surface area (Å²) in [6.45, 7) is 1.91. The Labute approximate surface area is 113 Å². The number of nitrogens with one attached hydrogen (secondary N) is 1. The Bertz CT molecular complexity index is 805. The molecule has 0 radical (unpaired) electrons. The van der Waals surface area contributed by atoms with Gasteiger partial charge in [0, 0.05) is 6.42 Å². The first-order chi connectivity index (χ1) is 9.13. The highest BCUT2D eigenvalue weighted by molar-refractivity contribution is 7.16. The Balaban J connectivity index is 2.04. The lowest BCUT2D eigenvalue weighted by molar-refractivity contribution is 0.474. The molecule has 3 aromatic rings. The Morgan fingerprint density at radius 3 is 3.05 bits per heavy atom. The van der Waals surface area contributed by atoms with Crippen LogP contribution < -0.4 is 5.56 Å². The van der Waals surface area contributed by atoms with Crippen molar-refractivity contribution in [3.8, 4) is 5.75 Å². The van der Waals surface area contributed by atoms with Crippen LogP contribution in [0.3, 0.4) is 0 Å². The molecule has 0 unspecified atom stereocenters. The van der Waals surface area contributed by atoms with Gasteiger partial charge in [0.25, 0.3) is 5.56 Å². The maximum atomic E-state index is 12.0. The summed E-state index contributed by atoms with van der Waals surface area (Å²) < 4.78 is 0. The number of nitrogens with zero attached hydrogens (tertiary/aromatic N) is 1. The maximum Gasteiger partial charge on any atom is 0.259 e. The fourth-order valence-electron chi connectivity index (χ4n) is 2.08. The van der Waals surface area contributed by atoms with Crippen LogP contribution in [0.2, 0.25) is 0 Å². The van der Waals surface area contributed by atoms with Crippen molar-refractivity contribution in [3.63, 3.8) is 0 Å². The van der Waals surface area contributed by atoms with Gasteiger partial charge in [0.05, 0.1) is 5.39 Å². The number of hydrogen-bond donors (Lipinski definition) is 2. The van der Waals surface area contributed by atoms with Crippen LogP contribution in [0.5, 0.6) is 5.75 Å². The Morgan fingerprint density at radius 2 is 2.26 bits per heavy atom. The number of benzene rings is 1. The highest BCUT2D eigenvalue weighted by Crippen LogP contribution is 2.20. The standard InChI is InChI=1S/C14H12N2O2S/c1-8-7-19-14-12(8)13(18)15-11(16-14)6-9-3-2-4-10(17)5-9/h2-5,7,17H,6H2,1H3,(H,15,16,18). The van der Waals surface area contributed by atoms with Gasteiger partial charge in [0.2, 0.25) is 0 Å². The third-order valence-corrected chi connectivity index (χ3v) is 3.95. The third-order valence-electron chi connectivity index (χ3n) is 2.96. The summed E-state index contributed by atoms with van der Waals surface area (Å²) in [4.78, 5) is 20.0. The minimum Gasteiger partial charge on any atom is -0.508 e. The van der Waals surface area contributed by atoms with E-state index in [2.05, 4.69) is 9.97 Å². The summed E-state index contributed by atoms with van der Waals surface area (Å²) in [5.41, 5.74) is 1.77. The molecular weight excluding hydrogens is 260 g/mol. The Hall–Kier alpha value is -2.14. The van der Waals surface area contributed by atoms with E-state index in [0.717, 1.165) is 16.0 Å². The van der Waals surface area contributed by atoms with Crippen LogP contribution in [0, 0.1) is 6.92 Å². The molecule has 0 aliphatic carbocycles. The van der Waals surface area contributed by atoms with E-state index in [1.807, 2.05) is 18.4 Å². The van der Waals surface area contributed by atoms with Crippen molar-refractivity contribution in [1.82, 2.24) is 9.97 Å². The molecule has 0 saturated carbocycles. The number of thiophene rings is 1. The Morgan fingerprint density at radius 1 is 1.42 bits per heavy atom. The van der Waals surface area contributed by atoms with Crippen LogP contribution >= 0.6 is 11.3 Å². The molecule has 0 spiro atoms. The predicted molar refractivity (Wildman–Crippen MR) is 75.9 cm³/mol. The fraction of sp³-hybridized carbons (Fsp3) is 0.143. The normalized spacial score (nSPS) is 11.0. The number of phenols is 1. The number of hydrogen-bond acceptors (Lipinski definition) is 4. The minimum absolute atomic E-state index is 0.0982. The van der Waals surface area contributed by atoms with Crippen molar-refractivity contribution in [2.24, 2.45) is 0 Å². The van der Waals surface area contributed by atoms with E-state index in [4.69, 9.17) is 0 Å². The van der Waals surface area contributed by atoms with E-state index < -0.39 is 0 Å². The molecule has 5 heteroatoms. The smallest absolute Gasteiger partial charge is 0.259 e. The van der Waals surface area contributed by atoms with Gasteiger partial charge < -0.3 is 10.1 Å². The Kier molecular flexibility index (Phi) is 2.83. The number of phenolic OH excluding ortho intramolecular Hbond substituents is 1. The van der Waals surface area contributed by atoms with Gasteiger partial charge in [0.1, 0.15) is 16.4 Å². The zero-order valence-electron chi connectivity index (χ0n) is 10.3. The topological polar surface area (TPSA) is 66.0 Å². The van der Waals surface area contributed by atoms with Gasteiger partial charge in [-0.25, -0.2) is 4.98 Å². The summed E-state index contributed by atoms with van der Waals surface area (Å²) in [5, 5.41) is 12.0. The van der Waals surface area contributed by atoms with Crippen LogP contribution in [-0.4, -0.2) is 15.1 Å². The van der Waals surface area contributed by atoms with Gasteiger partial charge in [-0.15, -0.1) is 11.3 Å². The quantitative estimate of drug-likeness (QED) is 0.753. The van der Waals surface area contributed by atoms with Gasteiger partial charge in [-0.1, -0.05) is 12.1 Å². The van der Waals surface area contributed by atoms with Crippen molar-refractivity contribution in [3.05, 3.63) is 57.0 Å². The van der Waals surface area contributed by atoms with Gasteiger partial charge in [-0.2, -0.15) is 0 Å². The molecule has 2 N–H and O–H groups in total. The molecule has 2 aromatic heterocycles. The second-order valence-electron chi connectivity index (χ2n) is 4.46. The lowest BCUT2D eigenvalue weighted by Gasteiger charge is -2.02. The van der Waals surface area contributed by atoms with E-state index in [0.29, 0.717) is 17.6 Å². The van der Waals surface area contributed by atoms with E-state index >= 15 is 0 Å². The van der Waals surface area contributed by atoms with Gasteiger partial charge >= 0.3 is 0 Å². The number of rotatable bonds is 2. The van der Waals surface area contributed by atoms with E-state index in [1.165, 1.54) is 11.3 Å². The molecule has 96 valence electrons. The largest absolute Gasteiger partial charge is 0.508 e. The number of fused-ring (bicyclic) bond motifs is 1. The molecule has 3 rings (SSSR count). The molecule has 0 atom stereocenters. The molecule has 0 fully saturated rings. The molecule has 2 heterocycles. The lowest BCUT2D eigenvalue weighted by Crippen LogP contribution is -2.11. The molecule has 0 aliphatic rings. The molecule has 1 aromatic carbocycles. The molecule has 0 saturated heterocycles. The summed E-state index contributed by atoms with van der Waals surface area (Å²) in [6.07, 6.45) is 0.497.